The average molecular weight is 366 g/mol. The Labute approximate surface area is 147 Å². The lowest BCUT2D eigenvalue weighted by Gasteiger charge is -2.17. The van der Waals surface area contributed by atoms with E-state index in [0.29, 0.717) is 13.0 Å². The van der Waals surface area contributed by atoms with Crippen LogP contribution in [-0.4, -0.2) is 51.5 Å². The molecule has 0 saturated heterocycles. The molecule has 0 radical (unpaired) electrons. The Bertz CT molecular complexity index is 713. The normalized spacial score (nSPS) is 11.8. The summed E-state index contributed by atoms with van der Waals surface area (Å²) in [5, 5.41) is 15.8. The van der Waals surface area contributed by atoms with Gasteiger partial charge in [0, 0.05) is 19.3 Å². The second-order valence-electron chi connectivity index (χ2n) is 5.48. The van der Waals surface area contributed by atoms with E-state index in [-0.39, 0.29) is 13.0 Å². The standard InChI is InChI=1S/C16H22N4O4S/c1-25(23,24)12-14(15(21)18-10-5-9-17)20-16(22)19-11-8-13-6-3-2-4-7-13/h2-4,6-7,14H,5,8,10-12H2,1H3,(H,18,21)(H2,19,20,22). The van der Waals surface area contributed by atoms with E-state index in [9.17, 15) is 18.0 Å². The van der Waals surface area contributed by atoms with Crippen LogP contribution in [-0.2, 0) is 21.1 Å². The van der Waals surface area contributed by atoms with Crippen molar-refractivity contribution in [2.75, 3.05) is 25.1 Å². The van der Waals surface area contributed by atoms with Gasteiger partial charge in [-0.1, -0.05) is 30.3 Å². The molecule has 8 nitrogen and oxygen atoms in total. The number of rotatable bonds is 9. The molecule has 0 spiro atoms. The van der Waals surface area contributed by atoms with E-state index >= 15 is 0 Å². The van der Waals surface area contributed by atoms with E-state index < -0.39 is 33.6 Å². The van der Waals surface area contributed by atoms with Gasteiger partial charge in [-0.2, -0.15) is 5.26 Å². The van der Waals surface area contributed by atoms with Crippen LogP contribution >= 0.6 is 0 Å². The van der Waals surface area contributed by atoms with Crippen molar-refractivity contribution in [1.82, 2.24) is 16.0 Å². The zero-order chi connectivity index (χ0) is 18.7. The molecule has 0 aliphatic heterocycles. The summed E-state index contributed by atoms with van der Waals surface area (Å²) >= 11 is 0. The summed E-state index contributed by atoms with van der Waals surface area (Å²) in [6, 6.07) is 9.55. The Morgan fingerprint density at radius 2 is 1.84 bits per heavy atom. The lowest BCUT2D eigenvalue weighted by molar-refractivity contribution is -0.122. The van der Waals surface area contributed by atoms with Crippen molar-refractivity contribution in [3.63, 3.8) is 0 Å². The molecule has 136 valence electrons. The number of hydrogen-bond donors (Lipinski definition) is 3. The maximum atomic E-state index is 12.0. The van der Waals surface area contributed by atoms with Gasteiger partial charge in [-0.15, -0.1) is 0 Å². The molecule has 0 heterocycles. The summed E-state index contributed by atoms with van der Waals surface area (Å²) in [5.74, 6) is -1.16. The Morgan fingerprint density at radius 3 is 2.44 bits per heavy atom. The molecule has 1 unspecified atom stereocenters. The van der Waals surface area contributed by atoms with Crippen molar-refractivity contribution < 1.29 is 18.0 Å². The fraction of sp³-hybridized carbons (Fsp3) is 0.438. The maximum absolute atomic E-state index is 12.0. The minimum atomic E-state index is -3.48. The first-order valence-corrected chi connectivity index (χ1v) is 9.78. The number of nitriles is 1. The highest BCUT2D eigenvalue weighted by Crippen LogP contribution is 1.98. The third-order valence-electron chi connectivity index (χ3n) is 3.17. The van der Waals surface area contributed by atoms with Crippen LogP contribution in [0.4, 0.5) is 4.79 Å². The van der Waals surface area contributed by atoms with Gasteiger partial charge in [0.2, 0.25) is 5.91 Å². The zero-order valence-electron chi connectivity index (χ0n) is 14.0. The van der Waals surface area contributed by atoms with Crippen molar-refractivity contribution in [1.29, 1.82) is 5.26 Å². The van der Waals surface area contributed by atoms with E-state index in [4.69, 9.17) is 5.26 Å². The van der Waals surface area contributed by atoms with Gasteiger partial charge in [-0.3, -0.25) is 4.79 Å². The van der Waals surface area contributed by atoms with Crippen molar-refractivity contribution >= 4 is 21.8 Å². The monoisotopic (exact) mass is 366 g/mol. The quantitative estimate of drug-likeness (QED) is 0.529. The van der Waals surface area contributed by atoms with Crippen LogP contribution in [0.3, 0.4) is 0 Å². The number of urea groups is 1. The number of amides is 3. The smallest absolute Gasteiger partial charge is 0.315 e. The van der Waals surface area contributed by atoms with E-state index in [0.717, 1.165) is 11.8 Å². The first kappa shape index (κ1) is 20.4. The molecule has 1 atom stereocenters. The van der Waals surface area contributed by atoms with Gasteiger partial charge in [0.05, 0.1) is 18.2 Å². The Morgan fingerprint density at radius 1 is 1.16 bits per heavy atom. The van der Waals surface area contributed by atoms with Gasteiger partial charge in [0.15, 0.2) is 0 Å². The van der Waals surface area contributed by atoms with Crippen LogP contribution in [0.2, 0.25) is 0 Å². The first-order chi connectivity index (χ1) is 11.8. The Kier molecular flexibility index (Phi) is 8.43. The van der Waals surface area contributed by atoms with Gasteiger partial charge in [-0.05, 0) is 12.0 Å². The second kappa shape index (κ2) is 10.3. The van der Waals surface area contributed by atoms with Crippen LogP contribution < -0.4 is 16.0 Å². The molecule has 9 heteroatoms. The van der Waals surface area contributed by atoms with E-state index in [1.54, 1.807) is 0 Å². The highest BCUT2D eigenvalue weighted by atomic mass is 32.2. The molecule has 0 aliphatic rings. The molecule has 3 N–H and O–H groups in total. The van der Waals surface area contributed by atoms with Gasteiger partial charge < -0.3 is 16.0 Å². The fourth-order valence-corrected chi connectivity index (χ4v) is 2.86. The summed E-state index contributed by atoms with van der Waals surface area (Å²) in [6.45, 7) is 0.435. The summed E-state index contributed by atoms with van der Waals surface area (Å²) in [5.41, 5.74) is 1.05. The van der Waals surface area contributed by atoms with Gasteiger partial charge in [0.1, 0.15) is 15.9 Å². The number of nitrogens with zero attached hydrogens (tertiary/aromatic N) is 1. The summed E-state index contributed by atoms with van der Waals surface area (Å²) in [7, 11) is -3.48. The summed E-state index contributed by atoms with van der Waals surface area (Å²) in [6.07, 6.45) is 1.69. The van der Waals surface area contributed by atoms with Crippen LogP contribution in [0.1, 0.15) is 12.0 Å². The first-order valence-electron chi connectivity index (χ1n) is 7.72. The number of hydrogen-bond acceptors (Lipinski definition) is 5. The van der Waals surface area contributed by atoms with E-state index in [1.165, 1.54) is 0 Å². The topological polar surface area (TPSA) is 128 Å². The van der Waals surface area contributed by atoms with Crippen LogP contribution in [0.25, 0.3) is 0 Å². The number of carbonyl (C=O) groups excluding carboxylic acids is 2. The molecule has 1 aromatic carbocycles. The molecule has 0 fully saturated rings. The van der Waals surface area contributed by atoms with Crippen LogP contribution in [0.15, 0.2) is 30.3 Å². The van der Waals surface area contributed by atoms with Crippen molar-refractivity contribution in [3.05, 3.63) is 35.9 Å². The van der Waals surface area contributed by atoms with Crippen LogP contribution in [0.5, 0.6) is 0 Å². The fourth-order valence-electron chi connectivity index (χ4n) is 2.02. The summed E-state index contributed by atoms with van der Waals surface area (Å²) in [4.78, 5) is 23.9. The summed E-state index contributed by atoms with van der Waals surface area (Å²) < 4.78 is 22.9. The van der Waals surface area contributed by atoms with E-state index in [2.05, 4.69) is 16.0 Å². The van der Waals surface area contributed by atoms with Gasteiger partial charge in [-0.25, -0.2) is 13.2 Å². The average Bonchev–Trinajstić information content (AvgIpc) is 2.54. The minimum Gasteiger partial charge on any atom is -0.353 e. The number of carbonyl (C=O) groups is 2. The molecule has 1 aromatic rings. The highest BCUT2D eigenvalue weighted by molar-refractivity contribution is 7.90. The zero-order valence-corrected chi connectivity index (χ0v) is 14.8. The highest BCUT2D eigenvalue weighted by Gasteiger charge is 2.24. The van der Waals surface area contributed by atoms with E-state index in [1.807, 2.05) is 36.4 Å². The molecule has 3 amide bonds. The predicted octanol–water partition coefficient (Wildman–Crippen LogP) is -0.0286. The number of benzene rings is 1. The molecule has 25 heavy (non-hydrogen) atoms. The molecular formula is C16H22N4O4S. The molecular weight excluding hydrogens is 344 g/mol. The molecule has 0 bridgehead atoms. The maximum Gasteiger partial charge on any atom is 0.315 e. The minimum absolute atomic E-state index is 0.0902. The third-order valence-corrected chi connectivity index (χ3v) is 4.11. The molecule has 0 aliphatic carbocycles. The lowest BCUT2D eigenvalue weighted by Crippen LogP contribution is -2.53. The predicted molar refractivity (Wildman–Crippen MR) is 93.4 cm³/mol. The largest absolute Gasteiger partial charge is 0.353 e. The molecule has 1 rings (SSSR count). The van der Waals surface area contributed by atoms with Gasteiger partial charge >= 0.3 is 6.03 Å². The third kappa shape index (κ3) is 9.32. The van der Waals surface area contributed by atoms with Crippen LogP contribution in [0, 0.1) is 11.3 Å². The number of nitrogens with one attached hydrogen (secondary N) is 3. The molecule has 0 aromatic heterocycles. The Hall–Kier alpha value is -2.60. The Balaban J connectivity index is 2.52. The number of sulfone groups is 1. The lowest BCUT2D eigenvalue weighted by atomic mass is 10.1. The van der Waals surface area contributed by atoms with Crippen molar-refractivity contribution in [3.8, 4) is 6.07 Å². The van der Waals surface area contributed by atoms with Crippen molar-refractivity contribution in [2.24, 2.45) is 0 Å². The molecule has 0 saturated carbocycles. The van der Waals surface area contributed by atoms with Crippen molar-refractivity contribution in [2.45, 2.75) is 18.9 Å². The van der Waals surface area contributed by atoms with Gasteiger partial charge in [0.25, 0.3) is 0 Å². The second-order valence-corrected chi connectivity index (χ2v) is 7.66. The SMILES string of the molecule is CS(=O)(=O)CC(NC(=O)NCCc1ccccc1)C(=O)NCCC#N.